The number of benzene rings is 1. The Balaban J connectivity index is 1.57. The molecule has 3 rings (SSSR count). The predicted octanol–water partition coefficient (Wildman–Crippen LogP) is 3.21. The molecule has 10 heteroatoms. The van der Waals surface area contributed by atoms with E-state index < -0.39 is 12.0 Å². The molecule has 6 nitrogen and oxygen atoms in total. The molecule has 2 aromatic rings. The summed E-state index contributed by atoms with van der Waals surface area (Å²) < 4.78 is 45.0. The molecule has 1 N–H and O–H groups in total. The lowest BCUT2D eigenvalue weighted by Crippen LogP contribution is -2.48. The Hall–Kier alpha value is -1.91. The maximum Gasteiger partial charge on any atom is 0.451 e. The van der Waals surface area contributed by atoms with Crippen molar-refractivity contribution in [2.45, 2.75) is 31.2 Å². The molecule has 0 radical (unpaired) electrons. The molecule has 1 saturated heterocycles. The van der Waals surface area contributed by atoms with E-state index in [-0.39, 0.29) is 28.3 Å². The van der Waals surface area contributed by atoms with Gasteiger partial charge in [0.15, 0.2) is 0 Å². The minimum absolute atomic E-state index is 0.0409. The Bertz CT molecular complexity index is 879. The summed E-state index contributed by atoms with van der Waals surface area (Å²) in [6, 6.07) is 6.46. The Morgan fingerprint density at radius 2 is 2.10 bits per heavy atom. The molecular weight excluding hydrogens is 417 g/mol. The van der Waals surface area contributed by atoms with E-state index in [2.05, 4.69) is 34.0 Å². The minimum Gasteiger partial charge on any atom is -0.374 e. The zero-order valence-electron chi connectivity index (χ0n) is 16.9. The number of para-hydroxylation sites is 1. The van der Waals surface area contributed by atoms with Crippen LogP contribution in [-0.2, 0) is 15.7 Å². The van der Waals surface area contributed by atoms with Crippen LogP contribution >= 0.6 is 11.8 Å². The van der Waals surface area contributed by atoms with Gasteiger partial charge in [-0.05, 0) is 12.0 Å². The first kappa shape index (κ1) is 22.8. The van der Waals surface area contributed by atoms with Crippen LogP contribution in [0.5, 0.6) is 0 Å². The molecule has 1 aliphatic rings. The number of halogens is 3. The Labute approximate surface area is 177 Å². The van der Waals surface area contributed by atoms with Crippen LogP contribution in [0, 0.1) is 5.92 Å². The van der Waals surface area contributed by atoms with Crippen molar-refractivity contribution < 1.29 is 22.7 Å². The van der Waals surface area contributed by atoms with Crippen LogP contribution in [0.1, 0.15) is 19.7 Å². The number of hydrogen-bond acceptors (Lipinski definition) is 6. The summed E-state index contributed by atoms with van der Waals surface area (Å²) in [5.74, 6) is -0.967. The third-order valence-electron chi connectivity index (χ3n) is 4.53. The Morgan fingerprint density at radius 3 is 2.83 bits per heavy atom. The van der Waals surface area contributed by atoms with E-state index in [9.17, 15) is 18.0 Å². The van der Waals surface area contributed by atoms with Gasteiger partial charge < -0.3 is 10.1 Å². The second-order valence-corrected chi connectivity index (χ2v) is 8.57. The summed E-state index contributed by atoms with van der Waals surface area (Å²) in [6.07, 6.45) is -4.75. The molecule has 1 aromatic carbocycles. The molecule has 0 spiro atoms. The molecule has 0 aliphatic carbocycles. The topological polar surface area (TPSA) is 67.3 Å². The van der Waals surface area contributed by atoms with Gasteiger partial charge in [0.05, 0.1) is 24.0 Å². The van der Waals surface area contributed by atoms with Crippen LogP contribution in [-0.4, -0.2) is 65.4 Å². The summed E-state index contributed by atoms with van der Waals surface area (Å²) in [5, 5.41) is 3.44. The molecule has 164 valence electrons. The number of ether oxygens (including phenoxy) is 1. The molecular formula is C20H25F3N4O2S. The Morgan fingerprint density at radius 1 is 1.33 bits per heavy atom. The van der Waals surface area contributed by atoms with Gasteiger partial charge in [-0.1, -0.05) is 43.8 Å². The van der Waals surface area contributed by atoms with Crippen molar-refractivity contribution in [3.05, 3.63) is 30.1 Å². The van der Waals surface area contributed by atoms with Gasteiger partial charge in [0, 0.05) is 31.6 Å². The van der Waals surface area contributed by atoms with E-state index in [1.165, 1.54) is 6.07 Å². The fraction of sp³-hybridized carbons (Fsp3) is 0.550. The molecule has 0 bridgehead atoms. The highest BCUT2D eigenvalue weighted by Crippen LogP contribution is 2.31. The number of amides is 1. The lowest BCUT2D eigenvalue weighted by Gasteiger charge is -2.33. The summed E-state index contributed by atoms with van der Waals surface area (Å²) in [7, 11) is 0. The fourth-order valence-electron chi connectivity index (χ4n) is 3.28. The van der Waals surface area contributed by atoms with Crippen LogP contribution < -0.4 is 5.32 Å². The van der Waals surface area contributed by atoms with Crippen LogP contribution in [0.25, 0.3) is 10.9 Å². The smallest absolute Gasteiger partial charge is 0.374 e. The van der Waals surface area contributed by atoms with Crippen molar-refractivity contribution in [2.24, 2.45) is 5.92 Å². The normalized spacial score (nSPS) is 18.1. The van der Waals surface area contributed by atoms with Crippen molar-refractivity contribution in [1.82, 2.24) is 20.2 Å². The standard InChI is InChI=1S/C20H25F3N4O2S/c1-13(2)10-27-7-8-29-14(11-27)9-24-17(28)12-30-18-15-5-3-4-6-16(15)25-19(26-18)20(21,22)23/h3-6,13-14H,7-12H2,1-2H3,(H,24,28). The number of carbonyl (C=O) groups excluding carboxylic acids is 1. The lowest BCUT2D eigenvalue weighted by atomic mass is 10.2. The molecule has 1 aliphatic heterocycles. The number of hydrogen-bond donors (Lipinski definition) is 1. The van der Waals surface area contributed by atoms with Crippen molar-refractivity contribution in [3.63, 3.8) is 0 Å². The van der Waals surface area contributed by atoms with Gasteiger partial charge in [-0.25, -0.2) is 9.97 Å². The van der Waals surface area contributed by atoms with Gasteiger partial charge in [-0.15, -0.1) is 0 Å². The number of nitrogens with zero attached hydrogens (tertiary/aromatic N) is 3. The minimum atomic E-state index is -4.65. The van der Waals surface area contributed by atoms with Gasteiger partial charge in [-0.2, -0.15) is 13.2 Å². The molecule has 1 aromatic heterocycles. The van der Waals surface area contributed by atoms with E-state index in [0.29, 0.717) is 24.5 Å². The second-order valence-electron chi connectivity index (χ2n) is 7.61. The van der Waals surface area contributed by atoms with Crippen molar-refractivity contribution in [1.29, 1.82) is 0 Å². The zero-order valence-corrected chi connectivity index (χ0v) is 17.7. The van der Waals surface area contributed by atoms with Crippen molar-refractivity contribution in [3.8, 4) is 0 Å². The number of rotatable bonds is 7. The first-order chi connectivity index (χ1) is 14.2. The summed E-state index contributed by atoms with van der Waals surface area (Å²) >= 11 is 0.969. The van der Waals surface area contributed by atoms with Gasteiger partial charge in [0.1, 0.15) is 5.03 Å². The van der Waals surface area contributed by atoms with Crippen LogP contribution in [0.2, 0.25) is 0 Å². The first-order valence-electron chi connectivity index (χ1n) is 9.80. The highest BCUT2D eigenvalue weighted by atomic mass is 32.2. The maximum absolute atomic E-state index is 13.1. The van der Waals surface area contributed by atoms with Crippen molar-refractivity contribution >= 4 is 28.6 Å². The maximum atomic E-state index is 13.1. The number of alkyl halides is 3. The monoisotopic (exact) mass is 442 g/mol. The van der Waals surface area contributed by atoms with E-state index in [1.54, 1.807) is 18.2 Å². The molecule has 2 heterocycles. The Kier molecular flexibility index (Phi) is 7.54. The van der Waals surface area contributed by atoms with Crippen molar-refractivity contribution in [2.75, 3.05) is 38.5 Å². The molecule has 0 saturated carbocycles. The average Bonchev–Trinajstić information content (AvgIpc) is 2.69. The third kappa shape index (κ3) is 6.29. The number of carbonyl (C=O) groups is 1. The highest BCUT2D eigenvalue weighted by Gasteiger charge is 2.35. The van der Waals surface area contributed by atoms with Gasteiger partial charge in [0.25, 0.3) is 0 Å². The fourth-order valence-corrected chi connectivity index (χ4v) is 4.13. The van der Waals surface area contributed by atoms with Gasteiger partial charge >= 0.3 is 6.18 Å². The number of aromatic nitrogens is 2. The number of fused-ring (bicyclic) bond motifs is 1. The summed E-state index contributed by atoms with van der Waals surface area (Å²) in [4.78, 5) is 21.8. The summed E-state index contributed by atoms with van der Waals surface area (Å²) in [5.41, 5.74) is 0.198. The zero-order chi connectivity index (χ0) is 21.7. The highest BCUT2D eigenvalue weighted by molar-refractivity contribution is 8.00. The predicted molar refractivity (Wildman–Crippen MR) is 109 cm³/mol. The molecule has 1 atom stereocenters. The first-order valence-corrected chi connectivity index (χ1v) is 10.8. The molecule has 1 unspecified atom stereocenters. The van der Waals surface area contributed by atoms with Crippen LogP contribution in [0.4, 0.5) is 13.2 Å². The molecule has 30 heavy (non-hydrogen) atoms. The van der Waals surface area contributed by atoms with E-state index in [4.69, 9.17) is 4.74 Å². The lowest BCUT2D eigenvalue weighted by molar-refractivity contribution is -0.145. The van der Waals surface area contributed by atoms with E-state index in [1.807, 2.05) is 0 Å². The summed E-state index contributed by atoms with van der Waals surface area (Å²) in [6.45, 7) is 7.90. The van der Waals surface area contributed by atoms with E-state index >= 15 is 0 Å². The van der Waals surface area contributed by atoms with Crippen LogP contribution in [0.15, 0.2) is 29.3 Å². The molecule has 1 amide bonds. The third-order valence-corrected chi connectivity index (χ3v) is 5.53. The molecule has 1 fully saturated rings. The largest absolute Gasteiger partial charge is 0.451 e. The van der Waals surface area contributed by atoms with Gasteiger partial charge in [0.2, 0.25) is 11.7 Å². The second kappa shape index (κ2) is 9.93. The average molecular weight is 443 g/mol. The number of thioether (sulfide) groups is 1. The van der Waals surface area contributed by atoms with Crippen LogP contribution in [0.3, 0.4) is 0 Å². The van der Waals surface area contributed by atoms with E-state index in [0.717, 1.165) is 31.4 Å². The number of morpholine rings is 1. The number of nitrogens with one attached hydrogen (secondary N) is 1. The quantitative estimate of drug-likeness (QED) is 0.525. The van der Waals surface area contributed by atoms with Gasteiger partial charge in [-0.3, -0.25) is 9.69 Å². The SMILES string of the molecule is CC(C)CN1CCOC(CNC(=O)CSc2nc(C(F)(F)F)nc3ccccc23)C1.